The molecule has 0 saturated heterocycles. The standard InChI is InChI=1S/C18H17S.C2H6/c1-4-10-16(11-5-1)19(17-12-6-2-7-13-17)18-14-8-3-9-15-18;1-2/h1-8,10-14H,9,15H2;1-2H3/q+1;. The minimum Gasteiger partial charge on any atom is -0.0839 e. The summed E-state index contributed by atoms with van der Waals surface area (Å²) in [5.41, 5.74) is 0. The lowest BCUT2D eigenvalue weighted by Crippen LogP contribution is -2.08. The van der Waals surface area contributed by atoms with Gasteiger partial charge in [-0.3, -0.25) is 0 Å². The third-order valence-electron chi connectivity index (χ3n) is 3.20. The van der Waals surface area contributed by atoms with Gasteiger partial charge in [0.15, 0.2) is 9.79 Å². The fourth-order valence-corrected chi connectivity index (χ4v) is 4.58. The van der Waals surface area contributed by atoms with E-state index in [-0.39, 0.29) is 10.9 Å². The lowest BCUT2D eigenvalue weighted by molar-refractivity contribution is 1.01. The molecule has 2 aromatic carbocycles. The van der Waals surface area contributed by atoms with E-state index in [1.54, 1.807) is 4.91 Å². The van der Waals surface area contributed by atoms with Crippen LogP contribution in [0.1, 0.15) is 26.7 Å². The summed E-state index contributed by atoms with van der Waals surface area (Å²) in [7, 11) is 0.0722. The molecule has 0 aromatic heterocycles. The van der Waals surface area contributed by atoms with Crippen LogP contribution in [0.4, 0.5) is 0 Å². The van der Waals surface area contributed by atoms with Crippen LogP contribution < -0.4 is 0 Å². The Bertz CT molecular complexity index is 542. The first-order valence-corrected chi connectivity index (χ1v) is 8.88. The topological polar surface area (TPSA) is 0 Å². The van der Waals surface area contributed by atoms with E-state index in [1.807, 2.05) is 13.8 Å². The van der Waals surface area contributed by atoms with E-state index >= 15 is 0 Å². The first kappa shape index (κ1) is 15.7. The van der Waals surface area contributed by atoms with Crippen LogP contribution in [-0.4, -0.2) is 0 Å². The summed E-state index contributed by atoms with van der Waals surface area (Å²) < 4.78 is 0. The zero-order valence-electron chi connectivity index (χ0n) is 12.8. The van der Waals surface area contributed by atoms with Gasteiger partial charge in [0.1, 0.15) is 4.91 Å². The van der Waals surface area contributed by atoms with Gasteiger partial charge in [0, 0.05) is 6.42 Å². The average Bonchev–Trinajstić information content (AvgIpc) is 2.60. The van der Waals surface area contributed by atoms with E-state index < -0.39 is 0 Å². The molecule has 1 aliphatic rings. The molecule has 0 atom stereocenters. The van der Waals surface area contributed by atoms with Gasteiger partial charge in [-0.2, -0.15) is 0 Å². The van der Waals surface area contributed by atoms with Gasteiger partial charge < -0.3 is 0 Å². The maximum absolute atomic E-state index is 2.30. The van der Waals surface area contributed by atoms with Crippen LogP contribution in [0.25, 0.3) is 0 Å². The maximum Gasteiger partial charge on any atom is 0.166 e. The molecule has 0 amide bonds. The van der Waals surface area contributed by atoms with E-state index in [4.69, 9.17) is 0 Å². The molecular weight excluding hydrogens is 272 g/mol. The van der Waals surface area contributed by atoms with Crippen molar-refractivity contribution in [2.75, 3.05) is 0 Å². The van der Waals surface area contributed by atoms with Crippen molar-refractivity contribution in [3.05, 3.63) is 83.8 Å². The van der Waals surface area contributed by atoms with Crippen molar-refractivity contribution >= 4 is 10.9 Å². The molecule has 0 nitrogen and oxygen atoms in total. The molecule has 0 saturated carbocycles. The third kappa shape index (κ3) is 4.12. The Labute approximate surface area is 131 Å². The van der Waals surface area contributed by atoms with Gasteiger partial charge in [-0.1, -0.05) is 62.4 Å². The van der Waals surface area contributed by atoms with Crippen molar-refractivity contribution < 1.29 is 0 Å². The smallest absolute Gasteiger partial charge is 0.0839 e. The van der Waals surface area contributed by atoms with Crippen molar-refractivity contribution in [2.45, 2.75) is 36.5 Å². The number of allylic oxidation sites excluding steroid dienone is 4. The number of rotatable bonds is 3. The second kappa shape index (κ2) is 8.53. The number of hydrogen-bond acceptors (Lipinski definition) is 0. The molecule has 1 aliphatic carbocycles. The van der Waals surface area contributed by atoms with E-state index in [0.29, 0.717) is 0 Å². The molecular formula is C20H23S+. The van der Waals surface area contributed by atoms with Crippen molar-refractivity contribution in [3.63, 3.8) is 0 Å². The molecule has 3 rings (SSSR count). The van der Waals surface area contributed by atoms with Crippen LogP contribution in [-0.2, 0) is 10.9 Å². The summed E-state index contributed by atoms with van der Waals surface area (Å²) in [4.78, 5) is 4.37. The first-order valence-electron chi connectivity index (χ1n) is 7.65. The van der Waals surface area contributed by atoms with Gasteiger partial charge in [-0.05, 0) is 36.8 Å². The molecule has 0 bridgehead atoms. The molecule has 108 valence electrons. The molecule has 21 heavy (non-hydrogen) atoms. The highest BCUT2D eigenvalue weighted by atomic mass is 32.2. The Morgan fingerprint density at radius 3 is 1.71 bits per heavy atom. The zero-order chi connectivity index (χ0) is 14.9. The predicted octanol–water partition coefficient (Wildman–Crippen LogP) is 5.98. The second-order valence-corrected chi connectivity index (χ2v) is 6.61. The Balaban J connectivity index is 0.000000774. The van der Waals surface area contributed by atoms with Gasteiger partial charge in [0.25, 0.3) is 0 Å². The summed E-state index contributed by atoms with van der Waals surface area (Å²) in [5, 5.41) is 0. The highest BCUT2D eigenvalue weighted by Gasteiger charge is 2.30. The van der Waals surface area contributed by atoms with E-state index in [9.17, 15) is 0 Å². The monoisotopic (exact) mass is 295 g/mol. The largest absolute Gasteiger partial charge is 0.166 e. The molecule has 0 N–H and O–H groups in total. The SMILES string of the molecule is C1=CCCC([S+](c2ccccc2)c2ccccc2)=C1.CC. The Morgan fingerprint density at radius 2 is 1.29 bits per heavy atom. The predicted molar refractivity (Wildman–Crippen MR) is 94.6 cm³/mol. The van der Waals surface area contributed by atoms with Crippen molar-refractivity contribution in [3.8, 4) is 0 Å². The minimum atomic E-state index is 0.0722. The molecule has 0 fully saturated rings. The van der Waals surface area contributed by atoms with E-state index in [0.717, 1.165) is 6.42 Å². The minimum absolute atomic E-state index is 0.0722. The molecule has 0 unspecified atom stereocenters. The molecule has 0 spiro atoms. The summed E-state index contributed by atoms with van der Waals surface area (Å²) in [6.07, 6.45) is 9.08. The van der Waals surface area contributed by atoms with Crippen LogP contribution >= 0.6 is 0 Å². The molecule has 2 aromatic rings. The van der Waals surface area contributed by atoms with Crippen molar-refractivity contribution in [1.82, 2.24) is 0 Å². The highest BCUT2D eigenvalue weighted by Crippen LogP contribution is 2.33. The van der Waals surface area contributed by atoms with Gasteiger partial charge in [0.05, 0.1) is 10.9 Å². The molecule has 0 heterocycles. The molecule has 0 radical (unpaired) electrons. The first-order chi connectivity index (χ1) is 10.4. The van der Waals surface area contributed by atoms with Crippen LogP contribution in [0, 0.1) is 0 Å². The lowest BCUT2D eigenvalue weighted by Gasteiger charge is -2.12. The number of benzene rings is 2. The normalized spacial score (nSPS) is 13.4. The van der Waals surface area contributed by atoms with Crippen molar-refractivity contribution in [1.29, 1.82) is 0 Å². The Kier molecular flexibility index (Phi) is 6.36. The van der Waals surface area contributed by atoms with Crippen LogP contribution in [0.3, 0.4) is 0 Å². The van der Waals surface area contributed by atoms with Gasteiger partial charge in [0.2, 0.25) is 0 Å². The van der Waals surface area contributed by atoms with Gasteiger partial charge in [-0.15, -0.1) is 0 Å². The summed E-state index contributed by atoms with van der Waals surface area (Å²) in [6, 6.07) is 21.7. The van der Waals surface area contributed by atoms with E-state index in [2.05, 4.69) is 78.9 Å². The Morgan fingerprint density at radius 1 is 0.762 bits per heavy atom. The second-order valence-electron chi connectivity index (χ2n) is 4.53. The van der Waals surface area contributed by atoms with E-state index in [1.165, 1.54) is 16.2 Å². The highest BCUT2D eigenvalue weighted by molar-refractivity contribution is 8.00. The Hall–Kier alpha value is -1.73. The van der Waals surface area contributed by atoms with Gasteiger partial charge >= 0.3 is 0 Å². The molecule has 1 heteroatoms. The summed E-state index contributed by atoms with van der Waals surface area (Å²) >= 11 is 0. The summed E-state index contributed by atoms with van der Waals surface area (Å²) in [5.74, 6) is 0. The third-order valence-corrected chi connectivity index (χ3v) is 5.55. The van der Waals surface area contributed by atoms with Crippen molar-refractivity contribution in [2.24, 2.45) is 0 Å². The average molecular weight is 295 g/mol. The van der Waals surface area contributed by atoms with Crippen LogP contribution in [0.2, 0.25) is 0 Å². The fraction of sp³-hybridized carbons (Fsp3) is 0.200. The summed E-state index contributed by atoms with van der Waals surface area (Å²) in [6.45, 7) is 4.00. The fourth-order valence-electron chi connectivity index (χ4n) is 2.30. The van der Waals surface area contributed by atoms with Gasteiger partial charge in [-0.25, -0.2) is 0 Å². The van der Waals surface area contributed by atoms with Crippen LogP contribution in [0.15, 0.2) is 93.6 Å². The number of hydrogen-bond donors (Lipinski definition) is 0. The molecule has 0 aliphatic heterocycles. The quantitative estimate of drug-likeness (QED) is 0.611. The van der Waals surface area contributed by atoms with Crippen LogP contribution in [0.5, 0.6) is 0 Å². The lowest BCUT2D eigenvalue weighted by atomic mass is 10.2. The zero-order valence-corrected chi connectivity index (χ0v) is 13.6. The maximum atomic E-state index is 2.30.